The highest BCUT2D eigenvalue weighted by molar-refractivity contribution is 5.22. The topological polar surface area (TPSA) is 32.7 Å². The molecule has 0 aliphatic rings. The number of hydrogen-bond acceptors (Lipinski definition) is 3. The largest absolute Gasteiger partial charge is 0.389 e. The Morgan fingerprint density at radius 3 is 2.42 bits per heavy atom. The van der Waals surface area contributed by atoms with Crippen molar-refractivity contribution in [1.29, 1.82) is 0 Å². The summed E-state index contributed by atoms with van der Waals surface area (Å²) in [5.74, 6) is 0.654. The Kier molecular flexibility index (Phi) is 8.82. The van der Waals surface area contributed by atoms with Crippen LogP contribution in [0.2, 0.25) is 0 Å². The molecule has 0 aliphatic carbocycles. The smallest absolute Gasteiger partial charge is 0.0900 e. The van der Waals surface area contributed by atoms with Gasteiger partial charge in [0, 0.05) is 13.1 Å². The maximum Gasteiger partial charge on any atom is 0.0900 e. The molecule has 0 fully saturated rings. The molecule has 3 nitrogen and oxygen atoms in total. The molecular weight excluding hydrogens is 322 g/mol. The van der Waals surface area contributed by atoms with Gasteiger partial charge in [0.1, 0.15) is 0 Å². The van der Waals surface area contributed by atoms with Gasteiger partial charge in [-0.15, -0.1) is 0 Å². The molecule has 0 heterocycles. The summed E-state index contributed by atoms with van der Waals surface area (Å²) >= 11 is 0. The van der Waals surface area contributed by atoms with Crippen molar-refractivity contribution in [2.75, 3.05) is 19.7 Å². The zero-order valence-electron chi connectivity index (χ0n) is 16.4. The lowest BCUT2D eigenvalue weighted by atomic mass is 10.1. The van der Waals surface area contributed by atoms with Crippen LogP contribution in [0.1, 0.15) is 37.0 Å². The Morgan fingerprint density at radius 2 is 1.73 bits per heavy atom. The van der Waals surface area contributed by atoms with Crippen molar-refractivity contribution in [3.8, 4) is 0 Å². The number of benzene rings is 2. The van der Waals surface area contributed by atoms with Crippen molar-refractivity contribution >= 4 is 0 Å². The van der Waals surface area contributed by atoms with Crippen LogP contribution in [0, 0.1) is 12.8 Å². The molecule has 0 amide bonds. The SMILES string of the molecule is Cc1cccc(CN(CCC(C)C)CC(O)COCc2ccccc2)c1. The first-order chi connectivity index (χ1) is 12.5. The number of rotatable bonds is 11. The lowest BCUT2D eigenvalue weighted by molar-refractivity contribution is 0.00789. The molecule has 2 aromatic carbocycles. The monoisotopic (exact) mass is 355 g/mol. The highest BCUT2D eigenvalue weighted by atomic mass is 16.5. The van der Waals surface area contributed by atoms with Crippen molar-refractivity contribution in [3.05, 3.63) is 71.3 Å². The van der Waals surface area contributed by atoms with Gasteiger partial charge in [0.15, 0.2) is 0 Å². The van der Waals surface area contributed by atoms with Gasteiger partial charge >= 0.3 is 0 Å². The van der Waals surface area contributed by atoms with Crippen molar-refractivity contribution in [3.63, 3.8) is 0 Å². The third kappa shape index (κ3) is 8.13. The summed E-state index contributed by atoms with van der Waals surface area (Å²) < 4.78 is 5.70. The molecule has 1 unspecified atom stereocenters. The molecule has 2 aromatic rings. The summed E-state index contributed by atoms with van der Waals surface area (Å²) in [5, 5.41) is 10.4. The fourth-order valence-electron chi connectivity index (χ4n) is 2.98. The van der Waals surface area contributed by atoms with Gasteiger partial charge in [0.2, 0.25) is 0 Å². The van der Waals surface area contributed by atoms with Gasteiger partial charge in [0.25, 0.3) is 0 Å². The third-order valence-electron chi connectivity index (χ3n) is 4.40. The molecular formula is C23H33NO2. The highest BCUT2D eigenvalue weighted by Crippen LogP contribution is 2.11. The van der Waals surface area contributed by atoms with E-state index >= 15 is 0 Å². The molecule has 142 valence electrons. The van der Waals surface area contributed by atoms with Crippen LogP contribution < -0.4 is 0 Å². The number of nitrogens with zero attached hydrogens (tertiary/aromatic N) is 1. The van der Waals surface area contributed by atoms with Crippen LogP contribution in [0.3, 0.4) is 0 Å². The summed E-state index contributed by atoms with van der Waals surface area (Å²) in [4.78, 5) is 2.34. The van der Waals surface area contributed by atoms with Crippen LogP contribution in [0.4, 0.5) is 0 Å². The van der Waals surface area contributed by atoms with E-state index in [4.69, 9.17) is 4.74 Å². The number of hydrogen-bond donors (Lipinski definition) is 1. The van der Waals surface area contributed by atoms with E-state index in [-0.39, 0.29) is 0 Å². The Balaban J connectivity index is 1.83. The standard InChI is InChI=1S/C23H33NO2/c1-19(2)12-13-24(15-22-11-7-8-20(3)14-22)16-23(25)18-26-17-21-9-5-4-6-10-21/h4-11,14,19,23,25H,12-13,15-18H2,1-3H3. The van der Waals surface area contributed by atoms with Crippen molar-refractivity contribution < 1.29 is 9.84 Å². The predicted molar refractivity (Wildman–Crippen MR) is 108 cm³/mol. The minimum atomic E-state index is -0.476. The molecule has 2 rings (SSSR count). The van der Waals surface area contributed by atoms with E-state index in [0.29, 0.717) is 25.7 Å². The molecule has 0 bridgehead atoms. The van der Waals surface area contributed by atoms with Crippen LogP contribution >= 0.6 is 0 Å². The number of aliphatic hydroxyl groups excluding tert-OH is 1. The summed E-state index contributed by atoms with van der Waals surface area (Å²) in [6, 6.07) is 18.7. The second-order valence-corrected chi connectivity index (χ2v) is 7.56. The molecule has 0 spiro atoms. The molecule has 0 saturated carbocycles. The van der Waals surface area contributed by atoms with Crippen LogP contribution in [0.25, 0.3) is 0 Å². The Labute approximate surface area is 158 Å². The molecule has 0 saturated heterocycles. The molecule has 26 heavy (non-hydrogen) atoms. The minimum Gasteiger partial charge on any atom is -0.389 e. The summed E-state index contributed by atoms with van der Waals surface area (Å²) in [6.07, 6.45) is 0.652. The molecule has 0 aliphatic heterocycles. The third-order valence-corrected chi connectivity index (χ3v) is 4.40. The number of aliphatic hydroxyl groups is 1. The van der Waals surface area contributed by atoms with Crippen LogP contribution in [-0.2, 0) is 17.9 Å². The van der Waals surface area contributed by atoms with Crippen molar-refractivity contribution in [2.45, 2.75) is 46.4 Å². The fourth-order valence-corrected chi connectivity index (χ4v) is 2.98. The van der Waals surface area contributed by atoms with Gasteiger partial charge in [-0.2, -0.15) is 0 Å². The minimum absolute atomic E-state index is 0.362. The average Bonchev–Trinajstić information content (AvgIpc) is 2.60. The van der Waals surface area contributed by atoms with Crippen LogP contribution in [0.15, 0.2) is 54.6 Å². The summed E-state index contributed by atoms with van der Waals surface area (Å²) in [5.41, 5.74) is 3.71. The normalized spacial score (nSPS) is 12.7. The zero-order valence-corrected chi connectivity index (χ0v) is 16.4. The molecule has 0 radical (unpaired) electrons. The van der Waals surface area contributed by atoms with Gasteiger partial charge < -0.3 is 9.84 Å². The Morgan fingerprint density at radius 1 is 1.00 bits per heavy atom. The van der Waals surface area contributed by atoms with Gasteiger partial charge in [-0.3, -0.25) is 4.90 Å². The van der Waals surface area contributed by atoms with E-state index in [1.54, 1.807) is 0 Å². The second kappa shape index (κ2) is 11.1. The lowest BCUT2D eigenvalue weighted by Crippen LogP contribution is -2.35. The van der Waals surface area contributed by atoms with Crippen molar-refractivity contribution in [2.24, 2.45) is 5.92 Å². The van der Waals surface area contributed by atoms with E-state index in [2.05, 4.69) is 49.9 Å². The molecule has 3 heteroatoms. The maximum atomic E-state index is 10.4. The molecule has 1 atom stereocenters. The second-order valence-electron chi connectivity index (χ2n) is 7.56. The first kappa shape index (κ1) is 20.6. The van der Waals surface area contributed by atoms with E-state index in [1.165, 1.54) is 11.1 Å². The van der Waals surface area contributed by atoms with Crippen LogP contribution in [-0.4, -0.2) is 35.8 Å². The summed E-state index contributed by atoms with van der Waals surface area (Å²) in [7, 11) is 0. The first-order valence-corrected chi connectivity index (χ1v) is 9.60. The molecule has 0 aromatic heterocycles. The van der Waals surface area contributed by atoms with Gasteiger partial charge in [-0.1, -0.05) is 74.0 Å². The van der Waals surface area contributed by atoms with E-state index in [9.17, 15) is 5.11 Å². The molecule has 1 N–H and O–H groups in total. The van der Waals surface area contributed by atoms with E-state index in [0.717, 1.165) is 25.1 Å². The fraction of sp³-hybridized carbons (Fsp3) is 0.478. The number of aryl methyl sites for hydroxylation is 1. The average molecular weight is 356 g/mol. The van der Waals surface area contributed by atoms with Gasteiger partial charge in [0.05, 0.1) is 19.3 Å². The number of ether oxygens (including phenoxy) is 1. The lowest BCUT2D eigenvalue weighted by Gasteiger charge is -2.26. The quantitative estimate of drug-likeness (QED) is 0.648. The highest BCUT2D eigenvalue weighted by Gasteiger charge is 2.13. The Bertz CT molecular complexity index is 627. The first-order valence-electron chi connectivity index (χ1n) is 9.60. The zero-order chi connectivity index (χ0) is 18.8. The maximum absolute atomic E-state index is 10.4. The van der Waals surface area contributed by atoms with Gasteiger partial charge in [-0.25, -0.2) is 0 Å². The summed E-state index contributed by atoms with van der Waals surface area (Å²) in [6.45, 7) is 9.99. The Hall–Kier alpha value is -1.68. The van der Waals surface area contributed by atoms with E-state index in [1.807, 2.05) is 30.3 Å². The van der Waals surface area contributed by atoms with E-state index < -0.39 is 6.10 Å². The van der Waals surface area contributed by atoms with Crippen LogP contribution in [0.5, 0.6) is 0 Å². The predicted octanol–water partition coefficient (Wildman–Crippen LogP) is 4.42. The van der Waals surface area contributed by atoms with Gasteiger partial charge in [-0.05, 0) is 36.9 Å². The van der Waals surface area contributed by atoms with Crippen molar-refractivity contribution in [1.82, 2.24) is 4.90 Å².